The monoisotopic (exact) mass is 228 g/mol. The van der Waals surface area contributed by atoms with Crippen LogP contribution in [-0.4, -0.2) is 30.3 Å². The SMILES string of the molecule is O=C(O)CONC(=O)NCCc1ccco1. The summed E-state index contributed by atoms with van der Waals surface area (Å²) < 4.78 is 5.05. The lowest BCUT2D eigenvalue weighted by molar-refractivity contribution is -0.144. The molecule has 1 rings (SSSR count). The van der Waals surface area contributed by atoms with Gasteiger partial charge in [0.05, 0.1) is 6.26 Å². The van der Waals surface area contributed by atoms with Crippen molar-refractivity contribution >= 4 is 12.0 Å². The maximum absolute atomic E-state index is 11.0. The van der Waals surface area contributed by atoms with E-state index in [4.69, 9.17) is 9.52 Å². The molecule has 0 unspecified atom stereocenters. The van der Waals surface area contributed by atoms with Crippen molar-refractivity contribution in [2.45, 2.75) is 6.42 Å². The summed E-state index contributed by atoms with van der Waals surface area (Å²) in [6.45, 7) is -0.207. The van der Waals surface area contributed by atoms with Crippen molar-refractivity contribution in [2.75, 3.05) is 13.2 Å². The molecule has 0 radical (unpaired) electrons. The number of urea groups is 1. The minimum absolute atomic E-state index is 0.371. The minimum atomic E-state index is -1.16. The van der Waals surface area contributed by atoms with Crippen molar-refractivity contribution in [2.24, 2.45) is 0 Å². The molecule has 7 nitrogen and oxygen atoms in total. The Bertz CT molecular complexity index is 336. The number of carbonyl (C=O) groups is 2. The molecule has 1 heterocycles. The fourth-order valence-electron chi connectivity index (χ4n) is 0.954. The van der Waals surface area contributed by atoms with E-state index in [-0.39, 0.29) is 0 Å². The van der Waals surface area contributed by atoms with Crippen molar-refractivity contribution in [1.29, 1.82) is 0 Å². The van der Waals surface area contributed by atoms with Gasteiger partial charge in [-0.3, -0.25) is 4.84 Å². The normalized spacial score (nSPS) is 9.75. The van der Waals surface area contributed by atoms with Crippen LogP contribution in [0.4, 0.5) is 4.79 Å². The number of rotatable bonds is 6. The number of hydroxylamine groups is 1. The van der Waals surface area contributed by atoms with Crippen LogP contribution < -0.4 is 10.8 Å². The van der Waals surface area contributed by atoms with Gasteiger partial charge >= 0.3 is 12.0 Å². The number of furan rings is 1. The van der Waals surface area contributed by atoms with Crippen molar-refractivity contribution < 1.29 is 24.0 Å². The predicted molar refractivity (Wildman–Crippen MR) is 52.5 cm³/mol. The molecule has 88 valence electrons. The van der Waals surface area contributed by atoms with E-state index in [9.17, 15) is 9.59 Å². The Labute approximate surface area is 91.3 Å². The predicted octanol–water partition coefficient (Wildman–Crippen LogP) is 0.138. The topological polar surface area (TPSA) is 101 Å². The average molecular weight is 228 g/mol. The molecule has 0 atom stereocenters. The van der Waals surface area contributed by atoms with E-state index in [0.717, 1.165) is 5.76 Å². The second-order valence-electron chi connectivity index (χ2n) is 2.87. The van der Waals surface area contributed by atoms with Gasteiger partial charge in [-0.15, -0.1) is 0 Å². The first-order chi connectivity index (χ1) is 7.68. The molecular formula is C9H12N2O5. The Hall–Kier alpha value is -2.02. The molecule has 0 saturated carbocycles. The van der Waals surface area contributed by atoms with Gasteiger partial charge in [0.25, 0.3) is 0 Å². The quantitative estimate of drug-likeness (QED) is 0.601. The fourth-order valence-corrected chi connectivity index (χ4v) is 0.954. The second kappa shape index (κ2) is 6.46. The van der Waals surface area contributed by atoms with Crippen LogP contribution in [0.2, 0.25) is 0 Å². The Morgan fingerprint density at radius 1 is 1.50 bits per heavy atom. The molecule has 3 N–H and O–H groups in total. The molecule has 1 aromatic rings. The van der Waals surface area contributed by atoms with E-state index < -0.39 is 18.6 Å². The van der Waals surface area contributed by atoms with E-state index >= 15 is 0 Å². The van der Waals surface area contributed by atoms with Gasteiger partial charge in [-0.2, -0.15) is 0 Å². The van der Waals surface area contributed by atoms with Crippen LogP contribution >= 0.6 is 0 Å². The zero-order valence-electron chi connectivity index (χ0n) is 8.43. The average Bonchev–Trinajstić information content (AvgIpc) is 2.70. The summed E-state index contributed by atoms with van der Waals surface area (Å²) in [7, 11) is 0. The highest BCUT2D eigenvalue weighted by molar-refractivity contribution is 5.73. The Balaban J connectivity index is 2.04. The second-order valence-corrected chi connectivity index (χ2v) is 2.87. The molecule has 0 aliphatic carbocycles. The number of hydrogen-bond donors (Lipinski definition) is 3. The first kappa shape index (κ1) is 12.1. The van der Waals surface area contributed by atoms with Crippen LogP contribution in [0.15, 0.2) is 22.8 Å². The van der Waals surface area contributed by atoms with E-state index in [1.54, 1.807) is 18.4 Å². The van der Waals surface area contributed by atoms with Gasteiger partial charge in [0.15, 0.2) is 6.61 Å². The summed E-state index contributed by atoms with van der Waals surface area (Å²) in [4.78, 5) is 25.4. The van der Waals surface area contributed by atoms with Crippen LogP contribution in [0.25, 0.3) is 0 Å². The molecular weight excluding hydrogens is 216 g/mol. The lowest BCUT2D eigenvalue weighted by Gasteiger charge is -2.05. The third-order valence-electron chi connectivity index (χ3n) is 1.60. The largest absolute Gasteiger partial charge is 0.479 e. The Morgan fingerprint density at radius 3 is 2.94 bits per heavy atom. The highest BCUT2D eigenvalue weighted by Gasteiger charge is 2.02. The lowest BCUT2D eigenvalue weighted by atomic mass is 10.3. The summed E-state index contributed by atoms with van der Waals surface area (Å²) in [6, 6.07) is 2.96. The van der Waals surface area contributed by atoms with E-state index in [1.807, 2.05) is 5.48 Å². The van der Waals surface area contributed by atoms with Crippen molar-refractivity contribution in [3.8, 4) is 0 Å². The number of carboxylic acid groups (broad SMARTS) is 1. The third-order valence-corrected chi connectivity index (χ3v) is 1.60. The van der Waals surface area contributed by atoms with Gasteiger partial charge in [-0.1, -0.05) is 0 Å². The number of hydrogen-bond acceptors (Lipinski definition) is 4. The maximum atomic E-state index is 11.0. The summed E-state index contributed by atoms with van der Waals surface area (Å²) in [5.41, 5.74) is 1.93. The van der Waals surface area contributed by atoms with Crippen molar-refractivity contribution in [3.05, 3.63) is 24.2 Å². The number of carboxylic acids is 1. The number of nitrogens with one attached hydrogen (secondary N) is 2. The molecule has 0 saturated heterocycles. The highest BCUT2D eigenvalue weighted by Crippen LogP contribution is 1.99. The van der Waals surface area contributed by atoms with Crippen molar-refractivity contribution in [3.63, 3.8) is 0 Å². The zero-order valence-corrected chi connectivity index (χ0v) is 8.43. The zero-order chi connectivity index (χ0) is 11.8. The number of aliphatic carboxylic acids is 1. The van der Waals surface area contributed by atoms with Gasteiger partial charge in [-0.05, 0) is 12.1 Å². The number of carbonyl (C=O) groups excluding carboxylic acids is 1. The molecule has 2 amide bonds. The minimum Gasteiger partial charge on any atom is -0.479 e. The van der Waals surface area contributed by atoms with Gasteiger partial charge in [0.2, 0.25) is 0 Å². The van der Waals surface area contributed by atoms with Crippen LogP contribution in [0.5, 0.6) is 0 Å². The van der Waals surface area contributed by atoms with Crippen molar-refractivity contribution in [1.82, 2.24) is 10.8 Å². The lowest BCUT2D eigenvalue weighted by Crippen LogP contribution is -2.37. The molecule has 0 fully saturated rings. The van der Waals surface area contributed by atoms with E-state index in [1.165, 1.54) is 0 Å². The highest BCUT2D eigenvalue weighted by atomic mass is 16.7. The van der Waals surface area contributed by atoms with Gasteiger partial charge in [-0.25, -0.2) is 15.1 Å². The summed E-state index contributed by atoms with van der Waals surface area (Å²) in [6.07, 6.45) is 2.10. The Kier molecular flexibility index (Phi) is 4.87. The molecule has 16 heavy (non-hydrogen) atoms. The summed E-state index contributed by atoms with van der Waals surface area (Å²) in [5.74, 6) is -0.400. The molecule has 0 aliphatic heterocycles. The van der Waals surface area contributed by atoms with E-state index in [0.29, 0.717) is 13.0 Å². The molecule has 0 bridgehead atoms. The number of amides is 2. The Morgan fingerprint density at radius 2 is 2.31 bits per heavy atom. The van der Waals surface area contributed by atoms with Gasteiger partial charge in [0.1, 0.15) is 5.76 Å². The molecule has 1 aromatic heterocycles. The maximum Gasteiger partial charge on any atom is 0.338 e. The van der Waals surface area contributed by atoms with Crippen LogP contribution in [0.3, 0.4) is 0 Å². The van der Waals surface area contributed by atoms with Gasteiger partial charge in [0, 0.05) is 13.0 Å². The molecule has 0 spiro atoms. The van der Waals surface area contributed by atoms with Gasteiger partial charge < -0.3 is 14.8 Å². The molecule has 0 aromatic carbocycles. The fraction of sp³-hybridized carbons (Fsp3) is 0.333. The summed E-state index contributed by atoms with van der Waals surface area (Å²) in [5, 5.41) is 10.7. The van der Waals surface area contributed by atoms with Crippen LogP contribution in [0.1, 0.15) is 5.76 Å². The van der Waals surface area contributed by atoms with Crippen LogP contribution in [0, 0.1) is 0 Å². The van der Waals surface area contributed by atoms with Crippen LogP contribution in [-0.2, 0) is 16.1 Å². The van der Waals surface area contributed by atoms with E-state index in [2.05, 4.69) is 10.2 Å². The molecule has 7 heteroatoms. The first-order valence-corrected chi connectivity index (χ1v) is 4.58. The first-order valence-electron chi connectivity index (χ1n) is 4.58. The molecule has 0 aliphatic rings. The standard InChI is InChI=1S/C9H12N2O5/c12-8(13)6-16-11-9(14)10-4-3-7-2-1-5-15-7/h1-2,5H,3-4,6H2,(H,12,13)(H2,10,11,14). The third kappa shape index (κ3) is 5.01. The smallest absolute Gasteiger partial charge is 0.338 e. The summed E-state index contributed by atoms with van der Waals surface area (Å²) >= 11 is 0.